The molecule has 100 valence electrons. The summed E-state index contributed by atoms with van der Waals surface area (Å²) in [5.74, 6) is -0.931. The number of cyclic esters (lactones) is 2. The fourth-order valence-corrected chi connectivity index (χ4v) is 2.63. The van der Waals surface area contributed by atoms with Crippen LogP contribution in [0.5, 0.6) is 5.75 Å². The number of carbonyl (C=O) groups is 2. The average molecular weight is 283 g/mol. The van der Waals surface area contributed by atoms with Gasteiger partial charge in [-0.3, -0.25) is 19.7 Å². The van der Waals surface area contributed by atoms with Gasteiger partial charge in [0, 0.05) is 0 Å². The number of methoxy groups -OCH3 is 1. The molecular formula is C11H9NO6S. The number of benzene rings is 1. The highest BCUT2D eigenvalue weighted by atomic mass is 32.2. The smallest absolute Gasteiger partial charge is 0.327 e. The Balaban J connectivity index is 2.27. The molecule has 0 radical (unpaired) electrons. The van der Waals surface area contributed by atoms with E-state index in [0.29, 0.717) is 10.6 Å². The Hall–Kier alpha value is -2.09. The van der Waals surface area contributed by atoms with E-state index in [1.807, 2.05) is 0 Å². The van der Waals surface area contributed by atoms with E-state index in [1.165, 1.54) is 19.2 Å². The quantitative estimate of drug-likeness (QED) is 0.358. The van der Waals surface area contributed by atoms with E-state index >= 15 is 0 Å². The molecule has 19 heavy (non-hydrogen) atoms. The second-order valence-corrected chi connectivity index (χ2v) is 4.94. The van der Waals surface area contributed by atoms with Crippen LogP contribution < -0.4 is 4.74 Å². The number of esters is 2. The van der Waals surface area contributed by atoms with Crippen molar-refractivity contribution in [3.05, 3.63) is 28.3 Å². The number of hydrogen-bond donors (Lipinski definition) is 0. The van der Waals surface area contributed by atoms with Gasteiger partial charge in [-0.1, -0.05) is 0 Å². The molecule has 1 aromatic rings. The zero-order chi connectivity index (χ0) is 14.0. The molecule has 0 N–H and O–H groups in total. The van der Waals surface area contributed by atoms with E-state index in [4.69, 9.17) is 4.74 Å². The summed E-state index contributed by atoms with van der Waals surface area (Å²) < 4.78 is 9.31. The Morgan fingerprint density at radius 2 is 2.21 bits per heavy atom. The first-order valence-electron chi connectivity index (χ1n) is 5.25. The van der Waals surface area contributed by atoms with Gasteiger partial charge in [-0.15, -0.1) is 11.8 Å². The fourth-order valence-electron chi connectivity index (χ4n) is 1.56. The molecule has 0 amide bonds. The summed E-state index contributed by atoms with van der Waals surface area (Å²) in [6.07, 6.45) is -0.0767. The molecule has 0 spiro atoms. The first-order valence-corrected chi connectivity index (χ1v) is 6.13. The summed E-state index contributed by atoms with van der Waals surface area (Å²) in [4.78, 5) is 33.0. The third-order valence-corrected chi connectivity index (χ3v) is 3.70. The van der Waals surface area contributed by atoms with Gasteiger partial charge in [0.2, 0.25) is 0 Å². The number of nitro benzene ring substituents is 1. The van der Waals surface area contributed by atoms with Crippen molar-refractivity contribution < 1.29 is 24.0 Å². The molecule has 1 aliphatic heterocycles. The lowest BCUT2D eigenvalue weighted by Gasteiger charge is -2.07. The topological polar surface area (TPSA) is 95.7 Å². The molecule has 0 aromatic heterocycles. The van der Waals surface area contributed by atoms with Crippen LogP contribution in [0.25, 0.3) is 0 Å². The van der Waals surface area contributed by atoms with Crippen molar-refractivity contribution in [2.45, 2.75) is 16.6 Å². The third kappa shape index (κ3) is 2.84. The van der Waals surface area contributed by atoms with Crippen molar-refractivity contribution in [1.82, 2.24) is 0 Å². The molecule has 7 nitrogen and oxygen atoms in total. The van der Waals surface area contributed by atoms with E-state index in [0.717, 1.165) is 11.8 Å². The van der Waals surface area contributed by atoms with E-state index < -0.39 is 22.1 Å². The highest BCUT2D eigenvalue weighted by Gasteiger charge is 2.35. The van der Waals surface area contributed by atoms with Crippen molar-refractivity contribution in [1.29, 1.82) is 0 Å². The number of rotatable bonds is 4. The Bertz CT molecular complexity index is 558. The van der Waals surface area contributed by atoms with Crippen LogP contribution in [0.1, 0.15) is 6.42 Å². The number of ether oxygens (including phenoxy) is 2. The number of hydrogen-bond acceptors (Lipinski definition) is 7. The number of nitrogens with zero attached hydrogens (tertiary/aromatic N) is 1. The van der Waals surface area contributed by atoms with Crippen molar-refractivity contribution in [2.75, 3.05) is 7.11 Å². The standard InChI is InChI=1S/C11H9NO6S/c1-17-6-2-3-8(7(4-6)12(15)16)19-9-5-10(13)18-11(9)14/h2-4,9H,5H2,1H3. The van der Waals surface area contributed by atoms with Gasteiger partial charge in [0.05, 0.1) is 29.4 Å². The van der Waals surface area contributed by atoms with Crippen LogP contribution >= 0.6 is 11.8 Å². The van der Waals surface area contributed by atoms with Crippen LogP contribution in [-0.4, -0.2) is 29.2 Å². The molecule has 1 atom stereocenters. The van der Waals surface area contributed by atoms with Gasteiger partial charge in [-0.25, -0.2) is 0 Å². The van der Waals surface area contributed by atoms with Crippen LogP contribution in [0, 0.1) is 10.1 Å². The zero-order valence-corrected chi connectivity index (χ0v) is 10.6. The lowest BCUT2D eigenvalue weighted by Crippen LogP contribution is -2.09. The number of thioether (sulfide) groups is 1. The molecule has 0 aliphatic carbocycles. The predicted octanol–water partition coefficient (Wildman–Crippen LogP) is 1.54. The summed E-state index contributed by atoms with van der Waals surface area (Å²) >= 11 is 0.945. The minimum Gasteiger partial charge on any atom is -0.497 e. The van der Waals surface area contributed by atoms with Crippen LogP contribution in [0.3, 0.4) is 0 Å². The summed E-state index contributed by atoms with van der Waals surface area (Å²) in [6, 6.07) is 4.31. The molecule has 8 heteroatoms. The largest absolute Gasteiger partial charge is 0.497 e. The van der Waals surface area contributed by atoms with Gasteiger partial charge in [0.15, 0.2) is 0 Å². The minimum atomic E-state index is -0.736. The van der Waals surface area contributed by atoms with Gasteiger partial charge < -0.3 is 9.47 Å². The second-order valence-electron chi connectivity index (χ2n) is 3.69. The SMILES string of the molecule is COc1ccc(SC2CC(=O)OC2=O)c([N+](=O)[O-])c1. The second kappa shape index (κ2) is 5.27. The van der Waals surface area contributed by atoms with Crippen molar-refractivity contribution in [2.24, 2.45) is 0 Å². The summed E-state index contributed by atoms with van der Waals surface area (Å²) in [5, 5.41) is 10.2. The van der Waals surface area contributed by atoms with E-state index in [1.54, 1.807) is 6.07 Å². The predicted molar refractivity (Wildman–Crippen MR) is 65.0 cm³/mol. The van der Waals surface area contributed by atoms with E-state index in [-0.39, 0.29) is 12.1 Å². The summed E-state index contributed by atoms with van der Waals surface area (Å²) in [7, 11) is 1.40. The molecule has 1 heterocycles. The van der Waals surface area contributed by atoms with Crippen LogP contribution in [0.15, 0.2) is 23.1 Å². The Morgan fingerprint density at radius 3 is 2.74 bits per heavy atom. The van der Waals surface area contributed by atoms with Crippen LogP contribution in [0.2, 0.25) is 0 Å². The van der Waals surface area contributed by atoms with E-state index in [9.17, 15) is 19.7 Å². The monoisotopic (exact) mass is 283 g/mol. The van der Waals surface area contributed by atoms with Crippen molar-refractivity contribution in [3.63, 3.8) is 0 Å². The van der Waals surface area contributed by atoms with Gasteiger partial charge in [0.25, 0.3) is 5.69 Å². The molecule has 1 saturated heterocycles. The van der Waals surface area contributed by atoms with Gasteiger partial charge >= 0.3 is 11.9 Å². The molecule has 2 rings (SSSR count). The average Bonchev–Trinajstić information content (AvgIpc) is 2.68. The molecule has 0 saturated carbocycles. The number of carbonyl (C=O) groups excluding carboxylic acids is 2. The molecule has 1 aromatic carbocycles. The van der Waals surface area contributed by atoms with E-state index in [2.05, 4.69) is 4.74 Å². The lowest BCUT2D eigenvalue weighted by molar-refractivity contribution is -0.387. The van der Waals surface area contributed by atoms with Gasteiger partial charge in [-0.05, 0) is 12.1 Å². The van der Waals surface area contributed by atoms with Crippen LogP contribution in [0.4, 0.5) is 5.69 Å². The summed E-state index contributed by atoms with van der Waals surface area (Å²) in [5.41, 5.74) is -0.170. The third-order valence-electron chi connectivity index (χ3n) is 2.46. The molecule has 1 unspecified atom stereocenters. The van der Waals surface area contributed by atoms with Crippen molar-refractivity contribution >= 4 is 29.4 Å². The van der Waals surface area contributed by atoms with Crippen LogP contribution in [-0.2, 0) is 14.3 Å². The molecule has 1 aliphatic rings. The first-order chi connectivity index (χ1) is 9.01. The fraction of sp³-hybridized carbons (Fsp3) is 0.273. The summed E-state index contributed by atoms with van der Waals surface area (Å²) in [6.45, 7) is 0. The molecular weight excluding hydrogens is 274 g/mol. The highest BCUT2D eigenvalue weighted by Crippen LogP contribution is 2.37. The Kier molecular flexibility index (Phi) is 3.70. The minimum absolute atomic E-state index is 0.0767. The van der Waals surface area contributed by atoms with Crippen molar-refractivity contribution in [3.8, 4) is 5.75 Å². The van der Waals surface area contributed by atoms with Gasteiger partial charge in [0.1, 0.15) is 11.0 Å². The molecule has 0 bridgehead atoms. The maximum absolute atomic E-state index is 11.3. The lowest BCUT2D eigenvalue weighted by atomic mass is 10.3. The maximum atomic E-state index is 11.3. The highest BCUT2D eigenvalue weighted by molar-refractivity contribution is 8.00. The molecule has 1 fully saturated rings. The zero-order valence-electron chi connectivity index (χ0n) is 9.82. The Labute approximate surface area is 112 Å². The number of nitro groups is 1. The maximum Gasteiger partial charge on any atom is 0.327 e. The normalized spacial score (nSPS) is 18.3. The first kappa shape index (κ1) is 13.3. The van der Waals surface area contributed by atoms with Gasteiger partial charge in [-0.2, -0.15) is 0 Å². The Morgan fingerprint density at radius 1 is 1.47 bits per heavy atom.